The second-order valence-corrected chi connectivity index (χ2v) is 21.4. The number of hydrogen-bond donors (Lipinski definition) is 3. The van der Waals surface area contributed by atoms with Crippen molar-refractivity contribution in [3.63, 3.8) is 0 Å². The Bertz CT molecular complexity index is 957. The lowest BCUT2D eigenvalue weighted by Gasteiger charge is -2.12. The topological polar surface area (TPSA) is 167 Å². The molecule has 3 N–H and O–H groups in total. The molecule has 384 valence electrons. The Morgan fingerprint density at radius 3 is 0.460 bits per heavy atom. The molecule has 0 aliphatic carbocycles. The summed E-state index contributed by atoms with van der Waals surface area (Å²) in [5.41, 5.74) is 0. The Morgan fingerprint density at radius 2 is 0.333 bits per heavy atom. The van der Waals surface area contributed by atoms with Crippen LogP contribution in [0, 0.1) is 0 Å². The van der Waals surface area contributed by atoms with E-state index in [1.165, 1.54) is 141 Å². The first kappa shape index (κ1) is 67.6. The minimum atomic E-state index is -3.82. The van der Waals surface area contributed by atoms with Crippen molar-refractivity contribution in [1.82, 2.24) is 0 Å². The maximum absolute atomic E-state index is 11.7. The van der Waals surface area contributed by atoms with E-state index in [0.29, 0.717) is 39.6 Å². The van der Waals surface area contributed by atoms with Crippen LogP contribution in [-0.4, -0.2) is 54.3 Å². The molecule has 12 nitrogen and oxygen atoms in total. The van der Waals surface area contributed by atoms with E-state index in [4.69, 9.17) is 27.1 Å². The molecule has 0 unspecified atom stereocenters. The third-order valence-electron chi connectivity index (χ3n) is 10.5. The van der Waals surface area contributed by atoms with Crippen molar-refractivity contribution in [2.75, 3.05) is 39.6 Å². The molecular weight excluding hydrogens is 861 g/mol. The van der Waals surface area contributed by atoms with Crippen LogP contribution in [0.2, 0.25) is 0 Å². The fourth-order valence-corrected chi connectivity index (χ4v) is 8.87. The summed E-state index contributed by atoms with van der Waals surface area (Å²) in [5.74, 6) is 0. The highest BCUT2D eigenvalue weighted by Gasteiger charge is 2.21. The van der Waals surface area contributed by atoms with Gasteiger partial charge in [-0.3, -0.25) is 27.1 Å². The molecule has 0 rings (SSSR count). The van der Waals surface area contributed by atoms with Gasteiger partial charge in [-0.25, -0.2) is 13.7 Å². The second kappa shape index (κ2) is 53.3. The van der Waals surface area contributed by atoms with E-state index in [1.807, 2.05) is 0 Å². The van der Waals surface area contributed by atoms with Crippen LogP contribution >= 0.6 is 23.5 Å². The van der Waals surface area contributed by atoms with Gasteiger partial charge in [-0.2, -0.15) is 0 Å². The molecule has 0 saturated carbocycles. The quantitative estimate of drug-likeness (QED) is 0.0391. The van der Waals surface area contributed by atoms with Crippen molar-refractivity contribution in [3.05, 3.63) is 0 Å². The molecule has 0 fully saturated rings. The molecule has 0 aromatic heterocycles. The molecule has 0 aliphatic heterocycles. The summed E-state index contributed by atoms with van der Waals surface area (Å²) in [4.78, 5) is 28.5. The van der Waals surface area contributed by atoms with Crippen molar-refractivity contribution in [2.45, 2.75) is 273 Å². The fourth-order valence-electron chi connectivity index (χ4n) is 6.49. The van der Waals surface area contributed by atoms with Gasteiger partial charge in [0.15, 0.2) is 0 Å². The monoisotopic (exact) mass is 967 g/mol. The Kier molecular flexibility index (Phi) is 57.2. The van der Waals surface area contributed by atoms with Crippen LogP contribution in [0.3, 0.4) is 0 Å². The van der Waals surface area contributed by atoms with Gasteiger partial charge in [0.2, 0.25) is 0 Å². The molecule has 0 radical (unpaired) electrons. The van der Waals surface area contributed by atoms with Gasteiger partial charge >= 0.3 is 23.5 Å². The molecule has 0 aliphatic rings. The summed E-state index contributed by atoms with van der Waals surface area (Å²) in [6, 6.07) is 0. The standard InChI is InChI=1S/C18H39O4P.C16H35O4P.C14H31O4P/c1-3-5-7-9-11-13-15-17-21-23(19,20)22-18-16-14-12-10-8-6-4-2;1-3-5-7-9-11-13-15-19-21(17,18)20-16-14-12-10-8-6-4-2;1-3-5-7-9-11-13-17-19(15,16)18-14-12-10-8-6-4-2/h3-18H2,1-2H3,(H,19,20);3-16H2,1-2H3,(H,17,18);3-14H2,1-2H3,(H,15,16). The predicted octanol–water partition coefficient (Wildman–Crippen LogP) is 17.5. The first-order valence-electron chi connectivity index (χ1n) is 26.2. The van der Waals surface area contributed by atoms with Gasteiger partial charge in [-0.1, -0.05) is 234 Å². The van der Waals surface area contributed by atoms with E-state index in [9.17, 15) is 28.4 Å². The molecule has 0 aromatic rings. The van der Waals surface area contributed by atoms with Gasteiger partial charge in [-0.15, -0.1) is 0 Å². The molecule has 0 saturated heterocycles. The summed E-state index contributed by atoms with van der Waals surface area (Å²) < 4.78 is 64.6. The summed E-state index contributed by atoms with van der Waals surface area (Å²) >= 11 is 0. The third-order valence-corrected chi connectivity index (χ3v) is 13.6. The third kappa shape index (κ3) is 62.3. The van der Waals surface area contributed by atoms with Gasteiger partial charge in [0, 0.05) is 0 Å². The molecule has 0 aromatic carbocycles. The van der Waals surface area contributed by atoms with Crippen LogP contribution in [0.25, 0.3) is 0 Å². The minimum Gasteiger partial charge on any atom is -0.302 e. The summed E-state index contributed by atoms with van der Waals surface area (Å²) in [5, 5.41) is 0. The lowest BCUT2D eigenvalue weighted by atomic mass is 10.1. The highest BCUT2D eigenvalue weighted by Crippen LogP contribution is 2.45. The fraction of sp³-hybridized carbons (Fsp3) is 1.00. The van der Waals surface area contributed by atoms with Crippen LogP contribution in [0.15, 0.2) is 0 Å². The SMILES string of the molecule is CCCCCCCCCOP(=O)(O)OCCCCCCCCC.CCCCCCCCOP(=O)(O)OCCCCCCCC.CCCCCCCOP(=O)(O)OCCCCCCC. The highest BCUT2D eigenvalue weighted by atomic mass is 31.2. The summed E-state index contributed by atoms with van der Waals surface area (Å²) in [6.07, 6.45) is 40.8. The maximum Gasteiger partial charge on any atom is 0.472 e. The van der Waals surface area contributed by atoms with Crippen LogP contribution in [0.4, 0.5) is 0 Å². The lowest BCUT2D eigenvalue weighted by molar-refractivity contribution is 0.144. The van der Waals surface area contributed by atoms with E-state index in [2.05, 4.69) is 41.5 Å². The van der Waals surface area contributed by atoms with Crippen molar-refractivity contribution in [1.29, 1.82) is 0 Å². The number of phosphoric acid groups is 3. The van der Waals surface area contributed by atoms with Crippen molar-refractivity contribution in [2.24, 2.45) is 0 Å². The van der Waals surface area contributed by atoms with Gasteiger partial charge in [0.05, 0.1) is 39.6 Å². The molecule has 0 heterocycles. The molecule has 0 bridgehead atoms. The van der Waals surface area contributed by atoms with Crippen molar-refractivity contribution < 1.29 is 55.5 Å². The zero-order valence-corrected chi connectivity index (χ0v) is 44.7. The second-order valence-electron chi connectivity index (χ2n) is 17.0. The summed E-state index contributed by atoms with van der Waals surface area (Å²) in [6.45, 7) is 15.0. The zero-order valence-electron chi connectivity index (χ0n) is 42.1. The number of phosphoric ester groups is 3. The molecule has 63 heavy (non-hydrogen) atoms. The van der Waals surface area contributed by atoms with Crippen molar-refractivity contribution >= 4 is 23.5 Å². The molecule has 0 amide bonds. The average molecular weight is 967 g/mol. The van der Waals surface area contributed by atoms with Crippen LogP contribution in [-0.2, 0) is 40.8 Å². The van der Waals surface area contributed by atoms with Gasteiger partial charge in [0.1, 0.15) is 0 Å². The smallest absolute Gasteiger partial charge is 0.302 e. The molecule has 0 atom stereocenters. The highest BCUT2D eigenvalue weighted by molar-refractivity contribution is 7.47. The van der Waals surface area contributed by atoms with E-state index in [0.717, 1.165) is 89.9 Å². The van der Waals surface area contributed by atoms with Gasteiger partial charge in [0.25, 0.3) is 0 Å². The van der Waals surface area contributed by atoms with E-state index >= 15 is 0 Å². The number of rotatable bonds is 48. The first-order valence-corrected chi connectivity index (χ1v) is 30.7. The first-order chi connectivity index (χ1) is 30.4. The minimum absolute atomic E-state index is 0.313. The Balaban J connectivity index is -0.000000861. The van der Waals surface area contributed by atoms with E-state index in [1.54, 1.807) is 0 Å². The molecular formula is C48H105O12P3. The normalized spacial score (nSPS) is 12.0. The van der Waals surface area contributed by atoms with Crippen LogP contribution < -0.4 is 0 Å². The Labute approximate surface area is 390 Å². The van der Waals surface area contributed by atoms with Crippen LogP contribution in [0.1, 0.15) is 273 Å². The Morgan fingerprint density at radius 1 is 0.222 bits per heavy atom. The number of unbranched alkanes of at least 4 members (excludes halogenated alkanes) is 30. The number of hydrogen-bond acceptors (Lipinski definition) is 9. The van der Waals surface area contributed by atoms with E-state index < -0.39 is 23.5 Å². The maximum atomic E-state index is 11.7. The van der Waals surface area contributed by atoms with Crippen LogP contribution in [0.5, 0.6) is 0 Å². The lowest BCUT2D eigenvalue weighted by Crippen LogP contribution is -1.99. The van der Waals surface area contributed by atoms with E-state index in [-0.39, 0.29) is 0 Å². The molecule has 15 heteroatoms. The Hall–Kier alpha value is 0.330. The van der Waals surface area contributed by atoms with Crippen molar-refractivity contribution in [3.8, 4) is 0 Å². The van der Waals surface area contributed by atoms with Gasteiger partial charge < -0.3 is 14.7 Å². The average Bonchev–Trinajstić information content (AvgIpc) is 3.25. The predicted molar refractivity (Wildman–Crippen MR) is 265 cm³/mol. The van der Waals surface area contributed by atoms with Gasteiger partial charge in [-0.05, 0) is 38.5 Å². The summed E-state index contributed by atoms with van der Waals surface area (Å²) in [7, 11) is -11.4. The zero-order chi connectivity index (χ0) is 47.4. The molecule has 0 spiro atoms. The largest absolute Gasteiger partial charge is 0.472 e.